The van der Waals surface area contributed by atoms with E-state index < -0.39 is 0 Å². The second-order valence-corrected chi connectivity index (χ2v) is 6.34. The van der Waals surface area contributed by atoms with E-state index in [0.29, 0.717) is 18.2 Å². The van der Waals surface area contributed by atoms with Crippen LogP contribution in [0.1, 0.15) is 29.0 Å². The molecule has 1 aliphatic heterocycles. The highest BCUT2D eigenvalue weighted by Crippen LogP contribution is 2.30. The maximum Gasteiger partial charge on any atom is 0.289 e. The zero-order valence-corrected chi connectivity index (χ0v) is 12.9. The number of ether oxygens (including phenoxy) is 1. The van der Waals surface area contributed by atoms with Gasteiger partial charge in [0, 0.05) is 31.7 Å². The lowest BCUT2D eigenvalue weighted by Gasteiger charge is -2.33. The molecule has 3 rings (SSSR count). The van der Waals surface area contributed by atoms with Gasteiger partial charge in [0.2, 0.25) is 0 Å². The third-order valence-electron chi connectivity index (χ3n) is 4.28. The smallest absolute Gasteiger partial charge is 0.289 e. The Morgan fingerprint density at radius 3 is 2.86 bits per heavy atom. The van der Waals surface area contributed by atoms with Crippen LogP contribution in [0.25, 0.3) is 0 Å². The molecule has 2 fully saturated rings. The monoisotopic (exact) mass is 292 g/mol. The summed E-state index contributed by atoms with van der Waals surface area (Å²) in [7, 11) is 2.10. The van der Waals surface area contributed by atoms with Crippen LogP contribution in [-0.2, 0) is 4.74 Å². The van der Waals surface area contributed by atoms with Crippen molar-refractivity contribution in [2.24, 2.45) is 5.92 Å². The van der Waals surface area contributed by atoms with Gasteiger partial charge >= 0.3 is 0 Å². The van der Waals surface area contributed by atoms with Gasteiger partial charge in [-0.25, -0.2) is 0 Å². The Morgan fingerprint density at radius 1 is 1.43 bits per heavy atom. The number of furan rings is 1. The van der Waals surface area contributed by atoms with Crippen LogP contribution in [0.3, 0.4) is 0 Å². The van der Waals surface area contributed by atoms with Gasteiger partial charge in [0.05, 0.1) is 19.0 Å². The molecule has 1 amide bonds. The lowest BCUT2D eigenvalue weighted by molar-refractivity contribution is -0.0334. The summed E-state index contributed by atoms with van der Waals surface area (Å²) < 4.78 is 11.2. The van der Waals surface area contributed by atoms with E-state index in [1.54, 1.807) is 6.26 Å². The van der Waals surface area contributed by atoms with Crippen molar-refractivity contribution in [3.05, 3.63) is 23.7 Å². The molecule has 1 unspecified atom stereocenters. The summed E-state index contributed by atoms with van der Waals surface area (Å²) in [5.74, 6) is 1.13. The fraction of sp³-hybridized carbons (Fsp3) is 0.688. The lowest BCUT2D eigenvalue weighted by atomic mass is 10.2. The van der Waals surface area contributed by atoms with Crippen LogP contribution >= 0.6 is 0 Å². The molecular formula is C16H24N2O3. The molecule has 1 aromatic rings. The Hall–Kier alpha value is -1.33. The Morgan fingerprint density at radius 2 is 2.24 bits per heavy atom. The second kappa shape index (κ2) is 6.20. The topological polar surface area (TPSA) is 45.9 Å². The third kappa shape index (κ3) is 3.66. The number of amides is 1. The quantitative estimate of drug-likeness (QED) is 0.830. The zero-order valence-electron chi connectivity index (χ0n) is 12.9. The molecule has 1 saturated heterocycles. The maximum absolute atomic E-state index is 12.7. The predicted octanol–water partition coefficient (Wildman–Crippen LogP) is 1.77. The van der Waals surface area contributed by atoms with Crippen LogP contribution in [0.4, 0.5) is 0 Å². The maximum atomic E-state index is 12.7. The van der Waals surface area contributed by atoms with Crippen molar-refractivity contribution in [3.8, 4) is 0 Å². The fourth-order valence-corrected chi connectivity index (χ4v) is 2.81. The highest BCUT2D eigenvalue weighted by atomic mass is 16.5. The number of hydrogen-bond acceptors (Lipinski definition) is 4. The van der Waals surface area contributed by atoms with Crippen LogP contribution in [-0.4, -0.2) is 61.6 Å². The normalized spacial score (nSPS) is 23.2. The lowest BCUT2D eigenvalue weighted by Crippen LogP contribution is -2.48. The number of likely N-dealkylation sites (N-methyl/N-ethyl adjacent to an activating group) is 1. The number of carbonyl (C=O) groups excluding carboxylic acids is 1. The first-order valence-corrected chi connectivity index (χ1v) is 7.77. The van der Waals surface area contributed by atoms with E-state index in [1.165, 1.54) is 12.8 Å². The summed E-state index contributed by atoms with van der Waals surface area (Å²) in [6.45, 7) is 5.97. The van der Waals surface area contributed by atoms with Crippen molar-refractivity contribution in [1.82, 2.24) is 9.80 Å². The summed E-state index contributed by atoms with van der Waals surface area (Å²) in [6.07, 6.45) is 4.14. The second-order valence-electron chi connectivity index (χ2n) is 6.34. The molecule has 5 heteroatoms. The predicted molar refractivity (Wildman–Crippen MR) is 79.3 cm³/mol. The van der Waals surface area contributed by atoms with Crippen LogP contribution in [0.15, 0.2) is 16.7 Å². The summed E-state index contributed by atoms with van der Waals surface area (Å²) in [6, 6.07) is 1.84. The van der Waals surface area contributed by atoms with E-state index in [-0.39, 0.29) is 12.0 Å². The molecule has 2 aliphatic rings. The van der Waals surface area contributed by atoms with Gasteiger partial charge < -0.3 is 19.0 Å². The van der Waals surface area contributed by atoms with Crippen molar-refractivity contribution < 1.29 is 13.9 Å². The minimum Gasteiger partial charge on any atom is -0.459 e. The van der Waals surface area contributed by atoms with Gasteiger partial charge in [-0.15, -0.1) is 0 Å². The number of carbonyl (C=O) groups is 1. The Labute approximate surface area is 125 Å². The minimum absolute atomic E-state index is 0.00114. The van der Waals surface area contributed by atoms with Gasteiger partial charge in [-0.3, -0.25) is 4.79 Å². The van der Waals surface area contributed by atoms with E-state index in [0.717, 1.165) is 31.8 Å². The molecule has 0 bridgehead atoms. The Kier molecular flexibility index (Phi) is 4.31. The first-order chi connectivity index (χ1) is 10.1. The number of morpholine rings is 1. The van der Waals surface area contributed by atoms with Crippen molar-refractivity contribution in [2.75, 3.05) is 39.8 Å². The van der Waals surface area contributed by atoms with E-state index in [4.69, 9.17) is 9.15 Å². The molecule has 0 radical (unpaired) electrons. The largest absolute Gasteiger partial charge is 0.459 e. The molecule has 0 aromatic carbocycles. The fourth-order valence-electron chi connectivity index (χ4n) is 2.81. The van der Waals surface area contributed by atoms with Crippen LogP contribution < -0.4 is 0 Å². The molecule has 1 atom stereocenters. The first kappa shape index (κ1) is 14.6. The van der Waals surface area contributed by atoms with Gasteiger partial charge in [0.15, 0.2) is 5.76 Å². The average Bonchev–Trinajstić information content (AvgIpc) is 3.17. The van der Waals surface area contributed by atoms with Crippen molar-refractivity contribution in [2.45, 2.75) is 25.9 Å². The van der Waals surface area contributed by atoms with Crippen molar-refractivity contribution in [3.63, 3.8) is 0 Å². The summed E-state index contributed by atoms with van der Waals surface area (Å²) in [5.41, 5.74) is 0.905. The third-order valence-corrected chi connectivity index (χ3v) is 4.28. The van der Waals surface area contributed by atoms with Crippen LogP contribution in [0.5, 0.6) is 0 Å². The van der Waals surface area contributed by atoms with Crippen molar-refractivity contribution in [1.29, 1.82) is 0 Å². The SMILES string of the molecule is Cc1ccoc1C(=O)N(CC1CC1)CC1CN(C)CCO1. The average molecular weight is 292 g/mol. The van der Waals surface area contributed by atoms with Gasteiger partial charge in [-0.05, 0) is 38.8 Å². The van der Waals surface area contributed by atoms with E-state index >= 15 is 0 Å². The summed E-state index contributed by atoms with van der Waals surface area (Å²) in [4.78, 5) is 16.9. The molecule has 116 valence electrons. The molecule has 21 heavy (non-hydrogen) atoms. The van der Waals surface area contributed by atoms with E-state index in [1.807, 2.05) is 17.9 Å². The van der Waals surface area contributed by atoms with Crippen LogP contribution in [0.2, 0.25) is 0 Å². The number of rotatable bonds is 5. The van der Waals surface area contributed by atoms with Gasteiger partial charge in [-0.1, -0.05) is 0 Å². The molecule has 5 nitrogen and oxygen atoms in total. The Balaban J connectivity index is 1.68. The molecular weight excluding hydrogens is 268 g/mol. The highest BCUT2D eigenvalue weighted by Gasteiger charge is 2.31. The first-order valence-electron chi connectivity index (χ1n) is 7.77. The van der Waals surface area contributed by atoms with E-state index in [9.17, 15) is 4.79 Å². The number of nitrogens with zero attached hydrogens (tertiary/aromatic N) is 2. The minimum atomic E-state index is 0.00114. The molecule has 1 saturated carbocycles. The molecule has 1 aromatic heterocycles. The van der Waals surface area contributed by atoms with Crippen LogP contribution in [0, 0.1) is 12.8 Å². The number of aryl methyl sites for hydroxylation is 1. The zero-order chi connectivity index (χ0) is 14.8. The summed E-state index contributed by atoms with van der Waals surface area (Å²) >= 11 is 0. The molecule has 0 spiro atoms. The molecule has 0 N–H and O–H groups in total. The number of hydrogen-bond donors (Lipinski definition) is 0. The summed E-state index contributed by atoms with van der Waals surface area (Å²) in [5, 5.41) is 0. The molecule has 1 aliphatic carbocycles. The van der Waals surface area contributed by atoms with Crippen molar-refractivity contribution >= 4 is 5.91 Å². The van der Waals surface area contributed by atoms with Gasteiger partial charge in [0.1, 0.15) is 0 Å². The standard InChI is InChI=1S/C16H24N2O3/c1-12-5-7-21-15(12)16(19)18(9-13-3-4-13)11-14-10-17(2)6-8-20-14/h5,7,13-14H,3-4,6,8-11H2,1-2H3. The van der Waals surface area contributed by atoms with Gasteiger partial charge in [0.25, 0.3) is 5.91 Å². The van der Waals surface area contributed by atoms with E-state index in [2.05, 4.69) is 11.9 Å². The highest BCUT2D eigenvalue weighted by molar-refractivity contribution is 5.92. The van der Waals surface area contributed by atoms with Gasteiger partial charge in [-0.2, -0.15) is 0 Å². The Bertz CT molecular complexity index is 495. The molecule has 2 heterocycles.